The highest BCUT2D eigenvalue weighted by Gasteiger charge is 2.64. The number of carbonyl (C=O) groups is 3. The van der Waals surface area contributed by atoms with Crippen molar-refractivity contribution in [1.29, 1.82) is 0 Å². The second-order valence-corrected chi connectivity index (χ2v) is 9.69. The summed E-state index contributed by atoms with van der Waals surface area (Å²) in [6.45, 7) is 5.22. The van der Waals surface area contributed by atoms with Gasteiger partial charge in [-0.05, 0) is 25.1 Å². The highest BCUT2D eigenvalue weighted by Crippen LogP contribution is 2.54. The van der Waals surface area contributed by atoms with Crippen molar-refractivity contribution in [3.63, 3.8) is 0 Å². The van der Waals surface area contributed by atoms with Crippen LogP contribution in [-0.2, 0) is 19.9 Å². The lowest BCUT2D eigenvalue weighted by Gasteiger charge is -2.30. The molecule has 3 aromatic rings. The number of fused-ring (bicyclic) bond motifs is 6. The van der Waals surface area contributed by atoms with Crippen LogP contribution in [0.1, 0.15) is 49.4 Å². The first-order valence-corrected chi connectivity index (χ1v) is 11.7. The molecule has 1 amide bonds. The number of aromatic nitrogens is 2. The van der Waals surface area contributed by atoms with Crippen LogP contribution in [0.4, 0.5) is 5.69 Å². The molecule has 4 unspecified atom stereocenters. The summed E-state index contributed by atoms with van der Waals surface area (Å²) in [5.41, 5.74) is 0.114. The zero-order valence-corrected chi connectivity index (χ0v) is 19.5. The summed E-state index contributed by atoms with van der Waals surface area (Å²) in [5, 5.41) is 3.58. The number of para-hydroxylation sites is 2. The zero-order valence-electron chi connectivity index (χ0n) is 19.5. The maximum Gasteiger partial charge on any atom is 0.330 e. The molecular formula is C26H24N4O5. The van der Waals surface area contributed by atoms with E-state index >= 15 is 0 Å². The quantitative estimate of drug-likeness (QED) is 0.460. The van der Waals surface area contributed by atoms with Gasteiger partial charge in [0.25, 0.3) is 5.56 Å². The number of anilines is 1. The van der Waals surface area contributed by atoms with Gasteiger partial charge in [0.2, 0.25) is 11.7 Å². The van der Waals surface area contributed by atoms with E-state index in [0.717, 1.165) is 0 Å². The van der Waals surface area contributed by atoms with Crippen LogP contribution >= 0.6 is 0 Å². The summed E-state index contributed by atoms with van der Waals surface area (Å²) in [6, 6.07) is 12.6. The molecule has 9 nitrogen and oxygen atoms in total. The van der Waals surface area contributed by atoms with Gasteiger partial charge in [0.05, 0.1) is 22.6 Å². The largest absolute Gasteiger partial charge is 0.449 e. The molecule has 9 heteroatoms. The van der Waals surface area contributed by atoms with Gasteiger partial charge in [-0.25, -0.2) is 9.78 Å². The smallest absolute Gasteiger partial charge is 0.330 e. The highest BCUT2D eigenvalue weighted by molar-refractivity contribution is 6.03. The van der Waals surface area contributed by atoms with E-state index in [0.29, 0.717) is 22.2 Å². The van der Waals surface area contributed by atoms with E-state index in [1.54, 1.807) is 49.9 Å². The maximum atomic E-state index is 13.7. The van der Waals surface area contributed by atoms with Crippen LogP contribution in [0, 0.1) is 5.92 Å². The Bertz CT molecular complexity index is 1490. The number of hydrogen-bond acceptors (Lipinski definition) is 7. The Kier molecular flexibility index (Phi) is 4.53. The topological polar surface area (TPSA) is 111 Å². The van der Waals surface area contributed by atoms with Crippen LogP contribution in [0.3, 0.4) is 0 Å². The third-order valence-electron chi connectivity index (χ3n) is 7.25. The van der Waals surface area contributed by atoms with Crippen LogP contribution < -0.4 is 15.8 Å². The molecule has 0 saturated carbocycles. The van der Waals surface area contributed by atoms with Crippen LogP contribution in [0.25, 0.3) is 10.9 Å². The van der Waals surface area contributed by atoms with Crippen molar-refractivity contribution in [2.45, 2.75) is 51.0 Å². The van der Waals surface area contributed by atoms with Crippen molar-refractivity contribution < 1.29 is 19.1 Å². The summed E-state index contributed by atoms with van der Waals surface area (Å²) in [7, 11) is 0. The molecule has 6 rings (SSSR count). The lowest BCUT2D eigenvalue weighted by Crippen LogP contribution is -2.49. The molecule has 178 valence electrons. The Morgan fingerprint density at radius 1 is 1.11 bits per heavy atom. The molecule has 3 aliphatic rings. The van der Waals surface area contributed by atoms with Crippen molar-refractivity contribution in [3.8, 4) is 0 Å². The molecule has 1 N–H and O–H groups in total. The van der Waals surface area contributed by atoms with E-state index in [1.165, 1.54) is 4.57 Å². The Balaban J connectivity index is 1.55. The second kappa shape index (κ2) is 7.32. The monoisotopic (exact) mass is 472 g/mol. The Morgan fingerprint density at radius 3 is 2.60 bits per heavy atom. The predicted molar refractivity (Wildman–Crippen MR) is 127 cm³/mol. The van der Waals surface area contributed by atoms with Crippen molar-refractivity contribution in [1.82, 2.24) is 14.9 Å². The molecular weight excluding hydrogens is 448 g/mol. The standard InChI is InChI=1S/C26H24N4O5/c1-13(2)20(31)21-28-17-10-6-4-8-15(17)23(33)29(21)19-12-26(35-24(19)34)16-9-5-7-11-18(16)30-22(32)14(3)27-25(26)30/h4-11,13-14,19,25,27H,12H2,1-3H3. The summed E-state index contributed by atoms with van der Waals surface area (Å²) >= 11 is 0. The van der Waals surface area contributed by atoms with E-state index in [1.807, 2.05) is 24.3 Å². The van der Waals surface area contributed by atoms with E-state index in [-0.39, 0.29) is 23.9 Å². The minimum absolute atomic E-state index is 0.0605. The summed E-state index contributed by atoms with van der Waals surface area (Å²) in [5.74, 6) is -1.57. The molecule has 1 aromatic heterocycles. The molecule has 2 fully saturated rings. The van der Waals surface area contributed by atoms with Gasteiger partial charge in [-0.15, -0.1) is 0 Å². The van der Waals surface area contributed by atoms with Crippen molar-refractivity contribution in [3.05, 3.63) is 70.3 Å². The number of esters is 1. The fourth-order valence-electron chi connectivity index (χ4n) is 5.56. The molecule has 4 heterocycles. The first-order chi connectivity index (χ1) is 16.7. The van der Waals surface area contributed by atoms with Gasteiger partial charge in [0, 0.05) is 17.9 Å². The normalized spacial score (nSPS) is 27.1. The number of carbonyl (C=O) groups excluding carboxylic acids is 3. The van der Waals surface area contributed by atoms with Gasteiger partial charge in [-0.1, -0.05) is 44.2 Å². The van der Waals surface area contributed by atoms with Gasteiger partial charge >= 0.3 is 5.97 Å². The van der Waals surface area contributed by atoms with E-state index in [9.17, 15) is 19.2 Å². The predicted octanol–water partition coefficient (Wildman–Crippen LogP) is 2.28. The second-order valence-electron chi connectivity index (χ2n) is 9.69. The molecule has 0 bridgehead atoms. The van der Waals surface area contributed by atoms with E-state index in [4.69, 9.17) is 4.74 Å². The number of Topliss-reactive ketones (excluding diaryl/α,β-unsaturated/α-hetero) is 1. The number of ether oxygens (including phenoxy) is 1. The number of hydrogen-bond donors (Lipinski definition) is 1. The van der Waals surface area contributed by atoms with Crippen LogP contribution in [0.15, 0.2) is 53.3 Å². The van der Waals surface area contributed by atoms with Crippen LogP contribution in [-0.4, -0.2) is 39.4 Å². The van der Waals surface area contributed by atoms with Gasteiger partial charge < -0.3 is 4.74 Å². The molecule has 4 atom stereocenters. The number of ketones is 1. The average molecular weight is 473 g/mol. The number of amides is 1. The van der Waals surface area contributed by atoms with Gasteiger partial charge in [-0.3, -0.25) is 29.2 Å². The van der Waals surface area contributed by atoms with Crippen LogP contribution in [0.2, 0.25) is 0 Å². The SMILES string of the molecule is CC(C)C(=O)c1nc2ccccc2c(=O)n1C1CC2(OC1=O)c1ccccc1N1C(=O)C(C)NC12. The van der Waals surface area contributed by atoms with Gasteiger partial charge in [0.1, 0.15) is 12.2 Å². The molecule has 35 heavy (non-hydrogen) atoms. The van der Waals surface area contributed by atoms with Crippen LogP contribution in [0.5, 0.6) is 0 Å². The molecule has 2 aromatic carbocycles. The molecule has 0 radical (unpaired) electrons. The third-order valence-corrected chi connectivity index (χ3v) is 7.25. The maximum absolute atomic E-state index is 13.7. The number of nitrogens with one attached hydrogen (secondary N) is 1. The highest BCUT2D eigenvalue weighted by atomic mass is 16.6. The number of rotatable bonds is 3. The molecule has 3 aliphatic heterocycles. The van der Waals surface area contributed by atoms with Gasteiger partial charge in [0.15, 0.2) is 11.4 Å². The lowest BCUT2D eigenvalue weighted by atomic mass is 9.88. The molecule has 1 spiro atoms. The Morgan fingerprint density at radius 2 is 1.83 bits per heavy atom. The van der Waals surface area contributed by atoms with Gasteiger partial charge in [-0.2, -0.15) is 0 Å². The summed E-state index contributed by atoms with van der Waals surface area (Å²) in [4.78, 5) is 59.4. The molecule has 2 saturated heterocycles. The Labute approximate surface area is 200 Å². The summed E-state index contributed by atoms with van der Waals surface area (Å²) < 4.78 is 7.28. The number of benzene rings is 2. The molecule has 0 aliphatic carbocycles. The fraction of sp³-hybridized carbons (Fsp3) is 0.346. The van der Waals surface area contributed by atoms with Crippen molar-refractivity contribution in [2.24, 2.45) is 5.92 Å². The minimum Gasteiger partial charge on any atom is -0.449 e. The lowest BCUT2D eigenvalue weighted by molar-refractivity contribution is -0.152. The van der Waals surface area contributed by atoms with E-state index < -0.39 is 41.3 Å². The average Bonchev–Trinajstić information content (AvgIpc) is 3.44. The minimum atomic E-state index is -1.19. The van der Waals surface area contributed by atoms with Crippen molar-refractivity contribution >= 4 is 34.3 Å². The summed E-state index contributed by atoms with van der Waals surface area (Å²) in [6.07, 6.45) is -0.528. The first-order valence-electron chi connectivity index (χ1n) is 11.7. The van der Waals surface area contributed by atoms with E-state index in [2.05, 4.69) is 10.3 Å². The number of nitrogens with zero attached hydrogens (tertiary/aromatic N) is 3. The van der Waals surface area contributed by atoms with Crippen molar-refractivity contribution in [2.75, 3.05) is 4.90 Å². The zero-order chi connectivity index (χ0) is 24.6. The Hall–Kier alpha value is -3.85. The third kappa shape index (κ3) is 2.81. The fourth-order valence-corrected chi connectivity index (χ4v) is 5.56. The first kappa shape index (κ1) is 21.7.